The van der Waals surface area contributed by atoms with Crippen LogP contribution in [-0.2, 0) is 4.79 Å². The van der Waals surface area contributed by atoms with Crippen LogP contribution in [0.2, 0.25) is 0 Å². The number of hydrogen-bond donors (Lipinski definition) is 1. The number of amides is 1. The van der Waals surface area contributed by atoms with Gasteiger partial charge in [-0.25, -0.2) is 4.98 Å². The lowest BCUT2D eigenvalue weighted by Gasteiger charge is -2.20. The van der Waals surface area contributed by atoms with E-state index in [-0.39, 0.29) is 5.91 Å². The fourth-order valence-electron chi connectivity index (χ4n) is 2.47. The minimum absolute atomic E-state index is 0.242. The molecule has 1 aliphatic rings. The van der Waals surface area contributed by atoms with E-state index in [0.29, 0.717) is 5.92 Å². The van der Waals surface area contributed by atoms with Crippen LogP contribution < -0.4 is 5.32 Å². The van der Waals surface area contributed by atoms with Crippen LogP contribution >= 0.6 is 23.1 Å². The van der Waals surface area contributed by atoms with Gasteiger partial charge in [-0.3, -0.25) is 4.79 Å². The maximum Gasteiger partial charge on any atom is 0.220 e. The Kier molecular flexibility index (Phi) is 6.71. The van der Waals surface area contributed by atoms with Crippen molar-refractivity contribution in [3.05, 3.63) is 11.6 Å². The van der Waals surface area contributed by atoms with Crippen LogP contribution in [-0.4, -0.2) is 23.2 Å². The van der Waals surface area contributed by atoms with E-state index in [1.165, 1.54) is 32.1 Å². The quantitative estimate of drug-likeness (QED) is 0.616. The first-order valence-corrected chi connectivity index (χ1v) is 9.00. The lowest BCUT2D eigenvalue weighted by molar-refractivity contribution is -0.122. The Bertz CT molecular complexity index is 362. The molecule has 3 nitrogen and oxygen atoms in total. The number of hydrogen-bond acceptors (Lipinski definition) is 4. The third kappa shape index (κ3) is 5.95. The summed E-state index contributed by atoms with van der Waals surface area (Å²) in [5, 5.41) is 5.04. The van der Waals surface area contributed by atoms with Gasteiger partial charge in [-0.1, -0.05) is 31.0 Å². The first-order chi connectivity index (χ1) is 9.34. The van der Waals surface area contributed by atoms with Gasteiger partial charge in [-0.15, -0.1) is 11.3 Å². The SMILES string of the molecule is O=C(CC1CCCCC1)NCCCSc1nccs1. The van der Waals surface area contributed by atoms with Crippen molar-refractivity contribution in [3.8, 4) is 0 Å². The van der Waals surface area contributed by atoms with Gasteiger partial charge < -0.3 is 5.32 Å². The van der Waals surface area contributed by atoms with E-state index in [1.54, 1.807) is 23.1 Å². The molecule has 106 valence electrons. The van der Waals surface area contributed by atoms with Crippen molar-refractivity contribution in [3.63, 3.8) is 0 Å². The summed E-state index contributed by atoms with van der Waals surface area (Å²) in [6.45, 7) is 0.796. The van der Waals surface area contributed by atoms with E-state index in [9.17, 15) is 4.79 Å². The zero-order valence-corrected chi connectivity index (χ0v) is 12.9. The molecule has 1 saturated carbocycles. The van der Waals surface area contributed by atoms with Crippen molar-refractivity contribution in [2.24, 2.45) is 5.92 Å². The summed E-state index contributed by atoms with van der Waals surface area (Å²) < 4.78 is 1.12. The number of nitrogens with zero attached hydrogens (tertiary/aromatic N) is 1. The normalized spacial score (nSPS) is 16.4. The van der Waals surface area contributed by atoms with Gasteiger partial charge in [0.25, 0.3) is 0 Å². The second-order valence-corrected chi connectivity index (χ2v) is 7.29. The average Bonchev–Trinajstić information content (AvgIpc) is 2.92. The highest BCUT2D eigenvalue weighted by atomic mass is 32.2. The molecule has 0 bridgehead atoms. The molecule has 1 aliphatic carbocycles. The van der Waals surface area contributed by atoms with Crippen molar-refractivity contribution in [1.29, 1.82) is 0 Å². The molecule has 0 atom stereocenters. The van der Waals surface area contributed by atoms with Gasteiger partial charge in [0.15, 0.2) is 0 Å². The van der Waals surface area contributed by atoms with E-state index in [2.05, 4.69) is 10.3 Å². The van der Waals surface area contributed by atoms with Crippen LogP contribution in [0, 0.1) is 5.92 Å². The molecular weight excluding hydrogens is 276 g/mol. The van der Waals surface area contributed by atoms with Crippen LogP contribution in [0.3, 0.4) is 0 Å². The second-order valence-electron chi connectivity index (χ2n) is 5.06. The second kappa shape index (κ2) is 8.59. The fraction of sp³-hybridized carbons (Fsp3) is 0.714. The van der Waals surface area contributed by atoms with Gasteiger partial charge in [-0.2, -0.15) is 0 Å². The number of aromatic nitrogens is 1. The Morgan fingerprint density at radius 1 is 1.42 bits per heavy atom. The van der Waals surface area contributed by atoms with Crippen molar-refractivity contribution in [2.45, 2.75) is 49.3 Å². The lowest BCUT2D eigenvalue weighted by atomic mass is 9.87. The van der Waals surface area contributed by atoms with Crippen LogP contribution in [0.4, 0.5) is 0 Å². The molecule has 1 amide bonds. The highest BCUT2D eigenvalue weighted by molar-refractivity contribution is 8.00. The van der Waals surface area contributed by atoms with E-state index in [0.717, 1.165) is 29.5 Å². The molecule has 0 aliphatic heterocycles. The molecule has 0 saturated heterocycles. The van der Waals surface area contributed by atoms with Crippen LogP contribution in [0.1, 0.15) is 44.9 Å². The van der Waals surface area contributed by atoms with Gasteiger partial charge in [0.05, 0.1) is 0 Å². The largest absolute Gasteiger partial charge is 0.356 e. The Labute approximate surface area is 123 Å². The molecule has 1 aromatic heterocycles. The summed E-state index contributed by atoms with van der Waals surface area (Å²) in [5.74, 6) is 1.90. The van der Waals surface area contributed by atoms with Crippen LogP contribution in [0.15, 0.2) is 15.9 Å². The van der Waals surface area contributed by atoms with E-state index >= 15 is 0 Å². The van der Waals surface area contributed by atoms with Crippen LogP contribution in [0.5, 0.6) is 0 Å². The summed E-state index contributed by atoms with van der Waals surface area (Å²) >= 11 is 3.45. The Morgan fingerprint density at radius 3 is 3.00 bits per heavy atom. The molecule has 1 aromatic rings. The molecule has 5 heteroatoms. The summed E-state index contributed by atoms with van der Waals surface area (Å²) in [6.07, 6.45) is 10.0. The van der Waals surface area contributed by atoms with Crippen molar-refractivity contribution in [1.82, 2.24) is 10.3 Å². The minimum Gasteiger partial charge on any atom is -0.356 e. The van der Waals surface area contributed by atoms with Gasteiger partial charge in [-0.05, 0) is 25.2 Å². The minimum atomic E-state index is 0.242. The number of rotatable bonds is 7. The molecule has 0 spiro atoms. The molecule has 19 heavy (non-hydrogen) atoms. The molecular formula is C14H22N2OS2. The smallest absolute Gasteiger partial charge is 0.220 e. The zero-order chi connectivity index (χ0) is 13.3. The third-order valence-corrected chi connectivity index (χ3v) is 5.53. The number of nitrogens with one attached hydrogen (secondary N) is 1. The first kappa shape index (κ1) is 14.9. The maximum absolute atomic E-state index is 11.8. The molecule has 1 heterocycles. The van der Waals surface area contributed by atoms with Crippen molar-refractivity contribution < 1.29 is 4.79 Å². The number of carbonyl (C=O) groups excluding carboxylic acids is 1. The standard InChI is InChI=1S/C14H22N2OS2/c17-13(11-12-5-2-1-3-6-12)15-7-4-9-18-14-16-8-10-19-14/h8,10,12H,1-7,9,11H2,(H,15,17). The Hall–Kier alpha value is -0.550. The van der Waals surface area contributed by atoms with Gasteiger partial charge in [0, 0.05) is 30.3 Å². The van der Waals surface area contributed by atoms with Gasteiger partial charge in [0.1, 0.15) is 4.34 Å². The van der Waals surface area contributed by atoms with E-state index < -0.39 is 0 Å². The topological polar surface area (TPSA) is 42.0 Å². The van der Waals surface area contributed by atoms with Crippen molar-refractivity contribution >= 4 is 29.0 Å². The molecule has 0 unspecified atom stereocenters. The fourth-order valence-corrected chi connectivity index (χ4v) is 4.11. The first-order valence-electron chi connectivity index (χ1n) is 7.13. The summed E-state index contributed by atoms with van der Waals surface area (Å²) in [4.78, 5) is 16.0. The van der Waals surface area contributed by atoms with Gasteiger partial charge >= 0.3 is 0 Å². The summed E-state index contributed by atoms with van der Waals surface area (Å²) in [6, 6.07) is 0. The van der Waals surface area contributed by atoms with Crippen molar-refractivity contribution in [2.75, 3.05) is 12.3 Å². The van der Waals surface area contributed by atoms with E-state index in [4.69, 9.17) is 0 Å². The Balaban J connectivity index is 1.49. The summed E-state index contributed by atoms with van der Waals surface area (Å²) in [5.41, 5.74) is 0. The summed E-state index contributed by atoms with van der Waals surface area (Å²) in [7, 11) is 0. The average molecular weight is 298 g/mol. The Morgan fingerprint density at radius 2 is 2.26 bits per heavy atom. The molecule has 0 radical (unpaired) electrons. The highest BCUT2D eigenvalue weighted by Crippen LogP contribution is 2.26. The molecule has 2 rings (SSSR count). The monoisotopic (exact) mass is 298 g/mol. The molecule has 0 aromatic carbocycles. The number of thiazole rings is 1. The molecule has 1 N–H and O–H groups in total. The van der Waals surface area contributed by atoms with E-state index in [1.807, 2.05) is 11.6 Å². The number of carbonyl (C=O) groups is 1. The molecule has 1 fully saturated rings. The lowest BCUT2D eigenvalue weighted by Crippen LogP contribution is -2.27. The highest BCUT2D eigenvalue weighted by Gasteiger charge is 2.16. The van der Waals surface area contributed by atoms with Crippen LogP contribution in [0.25, 0.3) is 0 Å². The zero-order valence-electron chi connectivity index (χ0n) is 11.3. The number of thioether (sulfide) groups is 1. The van der Waals surface area contributed by atoms with Gasteiger partial charge in [0.2, 0.25) is 5.91 Å². The predicted octanol–water partition coefficient (Wildman–Crippen LogP) is 3.71. The third-order valence-electron chi connectivity index (χ3n) is 3.48. The maximum atomic E-state index is 11.8. The predicted molar refractivity (Wildman–Crippen MR) is 81.7 cm³/mol.